The summed E-state index contributed by atoms with van der Waals surface area (Å²) in [6.45, 7) is 5.51. The quantitative estimate of drug-likeness (QED) is 0.450. The lowest BCUT2D eigenvalue weighted by atomic mass is 9.99. The first-order valence-corrected chi connectivity index (χ1v) is 11.0. The van der Waals surface area contributed by atoms with Crippen LogP contribution in [0.4, 0.5) is 0 Å². The summed E-state index contributed by atoms with van der Waals surface area (Å²) >= 11 is 1.88. The van der Waals surface area contributed by atoms with Gasteiger partial charge in [0, 0.05) is 32.6 Å². The van der Waals surface area contributed by atoms with Crippen LogP contribution < -0.4 is 5.32 Å². The molecule has 1 aromatic carbocycles. The molecule has 0 spiro atoms. The van der Waals surface area contributed by atoms with Gasteiger partial charge in [0.15, 0.2) is 11.8 Å². The molecule has 146 valence electrons. The van der Waals surface area contributed by atoms with Gasteiger partial charge < -0.3 is 14.8 Å². The van der Waals surface area contributed by atoms with Crippen LogP contribution in [0.1, 0.15) is 36.0 Å². The molecule has 1 N–H and O–H groups in total. The van der Waals surface area contributed by atoms with Gasteiger partial charge in [0.1, 0.15) is 12.4 Å². The SMILES string of the molecule is CSCCCNC(=NCc1nnc(C)n1C)N1CCC(c2ccccc2)C1. The maximum atomic E-state index is 4.88. The third-order valence-electron chi connectivity index (χ3n) is 5.12. The Hall–Kier alpha value is -2.02. The third kappa shape index (κ3) is 5.25. The monoisotopic (exact) mass is 386 g/mol. The summed E-state index contributed by atoms with van der Waals surface area (Å²) in [6.07, 6.45) is 4.45. The van der Waals surface area contributed by atoms with Crippen molar-refractivity contribution in [3.63, 3.8) is 0 Å². The van der Waals surface area contributed by atoms with Crippen molar-refractivity contribution < 1.29 is 0 Å². The van der Waals surface area contributed by atoms with E-state index in [-0.39, 0.29) is 0 Å². The maximum Gasteiger partial charge on any atom is 0.194 e. The van der Waals surface area contributed by atoms with Crippen molar-refractivity contribution in [2.75, 3.05) is 31.6 Å². The molecule has 0 saturated carbocycles. The minimum Gasteiger partial charge on any atom is -0.356 e. The molecule has 1 saturated heterocycles. The molecule has 2 heterocycles. The summed E-state index contributed by atoms with van der Waals surface area (Å²) in [5.41, 5.74) is 1.42. The van der Waals surface area contributed by atoms with Gasteiger partial charge >= 0.3 is 0 Å². The van der Waals surface area contributed by atoms with Gasteiger partial charge in [-0.15, -0.1) is 10.2 Å². The Morgan fingerprint density at radius 2 is 2.11 bits per heavy atom. The highest BCUT2D eigenvalue weighted by molar-refractivity contribution is 7.98. The normalized spacial score (nSPS) is 17.5. The minimum absolute atomic E-state index is 0.550. The average molecular weight is 387 g/mol. The van der Waals surface area contributed by atoms with E-state index in [4.69, 9.17) is 4.99 Å². The standard InChI is InChI=1S/C20H30N6S/c1-16-23-24-19(25(16)2)14-22-20(21-11-7-13-27-3)26-12-10-18(15-26)17-8-5-4-6-9-17/h4-6,8-9,18H,7,10-15H2,1-3H3,(H,21,22). The largest absolute Gasteiger partial charge is 0.356 e. The molecule has 1 aliphatic heterocycles. The summed E-state index contributed by atoms with van der Waals surface area (Å²) in [4.78, 5) is 7.27. The lowest BCUT2D eigenvalue weighted by Crippen LogP contribution is -2.40. The molecule has 3 rings (SSSR count). The topological polar surface area (TPSA) is 58.3 Å². The van der Waals surface area contributed by atoms with Crippen LogP contribution in [0.3, 0.4) is 0 Å². The molecular weight excluding hydrogens is 356 g/mol. The molecule has 0 aliphatic carbocycles. The predicted molar refractivity (Wildman–Crippen MR) is 113 cm³/mol. The van der Waals surface area contributed by atoms with E-state index in [9.17, 15) is 0 Å². The van der Waals surface area contributed by atoms with Crippen molar-refractivity contribution >= 4 is 17.7 Å². The fourth-order valence-electron chi connectivity index (χ4n) is 3.37. The van der Waals surface area contributed by atoms with Crippen LogP contribution in [-0.2, 0) is 13.6 Å². The molecule has 1 unspecified atom stereocenters. The molecular formula is C20H30N6S. The van der Waals surface area contributed by atoms with E-state index in [2.05, 4.69) is 57.0 Å². The third-order valence-corrected chi connectivity index (χ3v) is 5.82. The van der Waals surface area contributed by atoms with Crippen LogP contribution in [0.5, 0.6) is 0 Å². The zero-order valence-corrected chi connectivity index (χ0v) is 17.4. The zero-order valence-electron chi connectivity index (χ0n) is 16.6. The van der Waals surface area contributed by atoms with Gasteiger partial charge in [0.2, 0.25) is 0 Å². The number of hydrogen-bond donors (Lipinski definition) is 1. The van der Waals surface area contributed by atoms with Crippen molar-refractivity contribution in [1.82, 2.24) is 25.0 Å². The number of aliphatic imine (C=N–C) groups is 1. The van der Waals surface area contributed by atoms with Gasteiger partial charge in [-0.25, -0.2) is 4.99 Å². The Morgan fingerprint density at radius 3 is 2.81 bits per heavy atom. The van der Waals surface area contributed by atoms with Crippen LogP contribution in [0.15, 0.2) is 35.3 Å². The first-order chi connectivity index (χ1) is 13.2. The van der Waals surface area contributed by atoms with Crippen molar-refractivity contribution in [2.45, 2.75) is 32.2 Å². The molecule has 27 heavy (non-hydrogen) atoms. The summed E-state index contributed by atoms with van der Waals surface area (Å²) in [5, 5.41) is 11.9. The van der Waals surface area contributed by atoms with Crippen LogP contribution >= 0.6 is 11.8 Å². The molecule has 1 atom stereocenters. The number of nitrogens with zero attached hydrogens (tertiary/aromatic N) is 5. The van der Waals surface area contributed by atoms with Gasteiger partial charge in [0.25, 0.3) is 0 Å². The first-order valence-electron chi connectivity index (χ1n) is 9.61. The number of benzene rings is 1. The second-order valence-electron chi connectivity index (χ2n) is 6.98. The molecule has 1 aromatic heterocycles. The van der Waals surface area contributed by atoms with Crippen molar-refractivity contribution in [3.05, 3.63) is 47.5 Å². The predicted octanol–water partition coefficient (Wildman–Crippen LogP) is 2.81. The Labute approximate surface area is 166 Å². The van der Waals surface area contributed by atoms with E-state index in [1.54, 1.807) is 0 Å². The fraction of sp³-hybridized carbons (Fsp3) is 0.550. The molecule has 6 nitrogen and oxygen atoms in total. The summed E-state index contributed by atoms with van der Waals surface area (Å²) in [6, 6.07) is 10.8. The number of aryl methyl sites for hydroxylation is 1. The fourth-order valence-corrected chi connectivity index (χ4v) is 3.80. The maximum absolute atomic E-state index is 4.88. The smallest absolute Gasteiger partial charge is 0.194 e. The Morgan fingerprint density at radius 1 is 1.30 bits per heavy atom. The minimum atomic E-state index is 0.550. The Balaban J connectivity index is 1.67. The summed E-state index contributed by atoms with van der Waals surface area (Å²) in [5.74, 6) is 4.54. The van der Waals surface area contributed by atoms with E-state index in [0.717, 1.165) is 49.4 Å². The number of rotatable bonds is 7. The van der Waals surface area contributed by atoms with Crippen molar-refractivity contribution in [3.8, 4) is 0 Å². The van der Waals surface area contributed by atoms with Gasteiger partial charge in [-0.05, 0) is 37.3 Å². The highest BCUT2D eigenvalue weighted by Gasteiger charge is 2.26. The number of nitrogens with one attached hydrogen (secondary N) is 1. The van der Waals surface area contributed by atoms with E-state index >= 15 is 0 Å². The number of aromatic nitrogens is 3. The molecule has 1 aliphatic rings. The number of thioether (sulfide) groups is 1. The van der Waals surface area contributed by atoms with E-state index in [0.29, 0.717) is 12.5 Å². The molecule has 0 amide bonds. The van der Waals surface area contributed by atoms with Gasteiger partial charge in [0.05, 0.1) is 0 Å². The second kappa shape index (κ2) is 9.78. The van der Waals surface area contributed by atoms with Crippen LogP contribution in [0.25, 0.3) is 0 Å². The highest BCUT2D eigenvalue weighted by atomic mass is 32.2. The Kier molecular flexibility index (Phi) is 7.15. The van der Waals surface area contributed by atoms with Gasteiger partial charge in [-0.2, -0.15) is 11.8 Å². The molecule has 1 fully saturated rings. The molecule has 0 bridgehead atoms. The number of likely N-dealkylation sites (tertiary alicyclic amines) is 1. The lowest BCUT2D eigenvalue weighted by molar-refractivity contribution is 0.483. The van der Waals surface area contributed by atoms with E-state index in [1.165, 1.54) is 12.0 Å². The lowest BCUT2D eigenvalue weighted by Gasteiger charge is -2.22. The zero-order chi connectivity index (χ0) is 19.1. The van der Waals surface area contributed by atoms with Crippen molar-refractivity contribution in [1.29, 1.82) is 0 Å². The molecule has 2 aromatic rings. The summed E-state index contributed by atoms with van der Waals surface area (Å²) < 4.78 is 2.01. The Bertz CT molecular complexity index is 742. The number of hydrogen-bond acceptors (Lipinski definition) is 4. The molecule has 7 heteroatoms. The second-order valence-corrected chi connectivity index (χ2v) is 7.96. The highest BCUT2D eigenvalue weighted by Crippen LogP contribution is 2.27. The van der Waals surface area contributed by atoms with E-state index in [1.807, 2.05) is 30.3 Å². The summed E-state index contributed by atoms with van der Waals surface area (Å²) in [7, 11) is 1.99. The van der Waals surface area contributed by atoms with Gasteiger partial charge in [-0.1, -0.05) is 30.3 Å². The first kappa shape index (κ1) is 19.7. The average Bonchev–Trinajstić information content (AvgIpc) is 3.30. The van der Waals surface area contributed by atoms with E-state index < -0.39 is 0 Å². The molecule has 0 radical (unpaired) electrons. The number of guanidine groups is 1. The van der Waals surface area contributed by atoms with Crippen LogP contribution in [0.2, 0.25) is 0 Å². The van der Waals surface area contributed by atoms with Crippen LogP contribution in [0, 0.1) is 6.92 Å². The van der Waals surface area contributed by atoms with Crippen molar-refractivity contribution in [2.24, 2.45) is 12.0 Å². The van der Waals surface area contributed by atoms with Crippen LogP contribution in [-0.4, -0.2) is 57.3 Å². The van der Waals surface area contributed by atoms with Gasteiger partial charge in [-0.3, -0.25) is 0 Å².